The monoisotopic (exact) mass is 441 g/mol. The molecule has 3 rings (SSSR count). The first-order valence-corrected chi connectivity index (χ1v) is 14.1. The SMILES string of the molecule is C[Si](C)(C)CCOCN=C(C=CN)c1ccc(Oc2ccc3c(c2)O[C@@H](CO)C3)nc1. The number of fused-ring (bicyclic) bond motifs is 1. The summed E-state index contributed by atoms with van der Waals surface area (Å²) in [6, 6.07) is 10.4. The van der Waals surface area contributed by atoms with Crippen LogP contribution in [-0.4, -0.2) is 49.9 Å². The Morgan fingerprint density at radius 2 is 2.16 bits per heavy atom. The highest BCUT2D eigenvalue weighted by Gasteiger charge is 2.22. The van der Waals surface area contributed by atoms with E-state index in [4.69, 9.17) is 19.9 Å². The zero-order valence-electron chi connectivity index (χ0n) is 18.4. The number of nitrogens with zero attached hydrogens (tertiary/aromatic N) is 2. The van der Waals surface area contributed by atoms with Gasteiger partial charge in [0.05, 0.1) is 12.3 Å². The number of aliphatic hydroxyl groups is 1. The van der Waals surface area contributed by atoms with Gasteiger partial charge in [0.25, 0.3) is 0 Å². The second-order valence-corrected chi connectivity index (χ2v) is 14.3. The van der Waals surface area contributed by atoms with Crippen LogP contribution in [0.1, 0.15) is 11.1 Å². The summed E-state index contributed by atoms with van der Waals surface area (Å²) < 4.78 is 17.2. The summed E-state index contributed by atoms with van der Waals surface area (Å²) in [5.41, 5.74) is 8.18. The van der Waals surface area contributed by atoms with E-state index in [1.165, 1.54) is 6.20 Å². The zero-order chi connectivity index (χ0) is 22.3. The number of aromatic nitrogens is 1. The highest BCUT2D eigenvalue weighted by Crippen LogP contribution is 2.33. The third-order valence-electron chi connectivity index (χ3n) is 4.81. The summed E-state index contributed by atoms with van der Waals surface area (Å²) in [7, 11) is -1.11. The number of nitrogens with two attached hydrogens (primary N) is 1. The predicted octanol–water partition coefficient (Wildman–Crippen LogP) is 3.74. The first-order valence-electron chi connectivity index (χ1n) is 10.4. The van der Waals surface area contributed by atoms with Crippen LogP contribution in [-0.2, 0) is 11.2 Å². The molecule has 3 N–H and O–H groups in total. The van der Waals surface area contributed by atoms with Crippen molar-refractivity contribution < 1.29 is 19.3 Å². The fraction of sp³-hybridized carbons (Fsp3) is 0.391. The second kappa shape index (κ2) is 10.6. The first kappa shape index (κ1) is 23.0. The molecule has 0 fully saturated rings. The van der Waals surface area contributed by atoms with E-state index in [2.05, 4.69) is 29.6 Å². The van der Waals surface area contributed by atoms with E-state index in [1.807, 2.05) is 24.3 Å². The van der Waals surface area contributed by atoms with Gasteiger partial charge in [-0.2, -0.15) is 0 Å². The molecule has 0 spiro atoms. The number of benzene rings is 1. The summed E-state index contributed by atoms with van der Waals surface area (Å²) in [6.07, 6.45) is 5.40. The molecule has 0 saturated heterocycles. The van der Waals surface area contributed by atoms with Crippen LogP contribution in [0.2, 0.25) is 25.7 Å². The Kier molecular flexibility index (Phi) is 7.84. The first-order chi connectivity index (χ1) is 14.9. The highest BCUT2D eigenvalue weighted by atomic mass is 28.3. The molecule has 1 aromatic carbocycles. The molecule has 1 atom stereocenters. The second-order valence-electron chi connectivity index (χ2n) is 8.63. The lowest BCUT2D eigenvalue weighted by molar-refractivity contribution is 0.134. The number of hydrogen-bond donors (Lipinski definition) is 2. The molecule has 0 saturated carbocycles. The average Bonchev–Trinajstić information content (AvgIpc) is 3.15. The van der Waals surface area contributed by atoms with Crippen LogP contribution in [0.4, 0.5) is 0 Å². The quantitative estimate of drug-likeness (QED) is 0.331. The Morgan fingerprint density at radius 3 is 2.84 bits per heavy atom. The molecule has 0 amide bonds. The maximum Gasteiger partial charge on any atom is 0.219 e. The zero-order valence-corrected chi connectivity index (χ0v) is 19.4. The minimum atomic E-state index is -1.11. The van der Waals surface area contributed by atoms with Crippen molar-refractivity contribution in [1.29, 1.82) is 0 Å². The Bertz CT molecular complexity index is 923. The van der Waals surface area contributed by atoms with Crippen LogP contribution < -0.4 is 15.2 Å². The van der Waals surface area contributed by atoms with E-state index in [0.29, 0.717) is 30.4 Å². The van der Waals surface area contributed by atoms with E-state index in [1.54, 1.807) is 18.3 Å². The fourth-order valence-electron chi connectivity index (χ4n) is 3.05. The van der Waals surface area contributed by atoms with Crippen molar-refractivity contribution in [3.63, 3.8) is 0 Å². The molecule has 2 heterocycles. The van der Waals surface area contributed by atoms with Gasteiger partial charge >= 0.3 is 0 Å². The van der Waals surface area contributed by atoms with Crippen molar-refractivity contribution in [3.05, 3.63) is 59.9 Å². The maximum atomic E-state index is 9.27. The van der Waals surface area contributed by atoms with Gasteiger partial charge in [0, 0.05) is 45.0 Å². The van der Waals surface area contributed by atoms with Crippen molar-refractivity contribution >= 4 is 13.8 Å². The summed E-state index contributed by atoms with van der Waals surface area (Å²) in [5, 5.41) is 9.27. The van der Waals surface area contributed by atoms with E-state index in [9.17, 15) is 5.11 Å². The maximum absolute atomic E-state index is 9.27. The lowest BCUT2D eigenvalue weighted by Gasteiger charge is -2.14. The van der Waals surface area contributed by atoms with Crippen LogP contribution in [0.3, 0.4) is 0 Å². The van der Waals surface area contributed by atoms with Gasteiger partial charge in [0.2, 0.25) is 5.88 Å². The molecule has 0 bridgehead atoms. The van der Waals surface area contributed by atoms with Crippen molar-refractivity contribution in [1.82, 2.24) is 4.98 Å². The van der Waals surface area contributed by atoms with Gasteiger partial charge in [-0.1, -0.05) is 25.7 Å². The summed E-state index contributed by atoms with van der Waals surface area (Å²) in [4.78, 5) is 8.88. The van der Waals surface area contributed by atoms with Gasteiger partial charge in [0.15, 0.2) is 0 Å². The Balaban J connectivity index is 1.61. The molecular formula is C23H31N3O4Si. The van der Waals surface area contributed by atoms with Gasteiger partial charge in [-0.25, -0.2) is 4.98 Å². The molecule has 1 aromatic heterocycles. The minimum Gasteiger partial charge on any atom is -0.487 e. The van der Waals surface area contributed by atoms with Crippen molar-refractivity contribution in [2.24, 2.45) is 10.7 Å². The van der Waals surface area contributed by atoms with Crippen molar-refractivity contribution in [2.45, 2.75) is 38.2 Å². The number of aliphatic hydroxyl groups excluding tert-OH is 1. The van der Waals surface area contributed by atoms with Crippen LogP contribution in [0, 0.1) is 0 Å². The Hall–Kier alpha value is -2.68. The molecule has 1 aliphatic heterocycles. The molecular weight excluding hydrogens is 410 g/mol. The molecule has 1 aliphatic rings. The van der Waals surface area contributed by atoms with Gasteiger partial charge in [-0.15, -0.1) is 0 Å². The highest BCUT2D eigenvalue weighted by molar-refractivity contribution is 6.76. The number of allylic oxidation sites excluding steroid dienone is 1. The molecule has 7 nitrogen and oxygen atoms in total. The number of aliphatic imine (C=N–C) groups is 1. The third kappa shape index (κ3) is 6.92. The van der Waals surface area contributed by atoms with E-state index >= 15 is 0 Å². The molecule has 0 radical (unpaired) electrons. The standard InChI is InChI=1S/C23H31N3O4Si/c1-31(2,3)11-10-28-16-26-21(8-9-24)18-5-7-23(25-14-18)30-19-6-4-17-12-20(15-27)29-22(17)13-19/h4-9,13-14,20,27H,10-12,15-16,24H2,1-3H3/t20-/m1/s1. The van der Waals surface area contributed by atoms with Crippen LogP contribution in [0.5, 0.6) is 17.4 Å². The molecule has 8 heteroatoms. The summed E-state index contributed by atoms with van der Waals surface area (Å²) in [5.74, 6) is 1.83. The summed E-state index contributed by atoms with van der Waals surface area (Å²) in [6.45, 7) is 7.95. The van der Waals surface area contributed by atoms with E-state index in [-0.39, 0.29) is 19.4 Å². The Labute approximate surface area is 184 Å². The topological polar surface area (TPSA) is 99.2 Å². The van der Waals surface area contributed by atoms with Crippen LogP contribution in [0.15, 0.2) is 53.8 Å². The summed E-state index contributed by atoms with van der Waals surface area (Å²) >= 11 is 0. The lowest BCUT2D eigenvalue weighted by Crippen LogP contribution is -2.21. The Morgan fingerprint density at radius 1 is 1.32 bits per heavy atom. The average molecular weight is 442 g/mol. The van der Waals surface area contributed by atoms with Crippen molar-refractivity contribution in [3.8, 4) is 17.4 Å². The molecule has 0 unspecified atom stereocenters. The van der Waals surface area contributed by atoms with Crippen LogP contribution in [0.25, 0.3) is 0 Å². The number of hydrogen-bond acceptors (Lipinski definition) is 7. The van der Waals surface area contributed by atoms with Gasteiger partial charge < -0.3 is 25.1 Å². The number of pyridine rings is 1. The van der Waals surface area contributed by atoms with E-state index in [0.717, 1.165) is 22.9 Å². The molecule has 31 heavy (non-hydrogen) atoms. The van der Waals surface area contributed by atoms with Crippen LogP contribution >= 0.6 is 0 Å². The van der Waals surface area contributed by atoms with Gasteiger partial charge in [0.1, 0.15) is 24.3 Å². The molecule has 166 valence electrons. The third-order valence-corrected chi connectivity index (χ3v) is 6.52. The van der Waals surface area contributed by atoms with Crippen molar-refractivity contribution in [2.75, 3.05) is 19.9 Å². The minimum absolute atomic E-state index is 0.00161. The number of rotatable bonds is 10. The predicted molar refractivity (Wildman–Crippen MR) is 125 cm³/mol. The van der Waals surface area contributed by atoms with E-state index < -0.39 is 8.07 Å². The molecule has 0 aliphatic carbocycles. The van der Waals surface area contributed by atoms with Gasteiger partial charge in [-0.05, 0) is 36.0 Å². The smallest absolute Gasteiger partial charge is 0.219 e. The normalized spacial score (nSPS) is 16.4. The lowest BCUT2D eigenvalue weighted by atomic mass is 10.1. The largest absolute Gasteiger partial charge is 0.487 e. The molecule has 2 aromatic rings. The van der Waals surface area contributed by atoms with Gasteiger partial charge in [-0.3, -0.25) is 4.99 Å². The number of ether oxygens (including phenoxy) is 3. The fourth-order valence-corrected chi connectivity index (χ4v) is 3.80.